The zero-order valence-corrected chi connectivity index (χ0v) is 52.2. The van der Waals surface area contributed by atoms with Crippen LogP contribution in [-0.2, 0) is 55.8 Å². The second-order valence-electron chi connectivity index (χ2n) is 20.8. The molecule has 0 aromatic carbocycles. The summed E-state index contributed by atoms with van der Waals surface area (Å²) in [5.41, 5.74) is 0. The van der Waals surface area contributed by atoms with E-state index in [0.29, 0.717) is 19.3 Å². The Balaban J connectivity index is 4.50. The minimum absolute atomic E-state index is 0.107. The quantitative estimate of drug-likeness (QED) is 0.0146. The van der Waals surface area contributed by atoms with Gasteiger partial charge in [0.05, 0.1) is 26.4 Å². The number of unbranched alkanes of at least 4 members (excludes halogenated alkanes) is 24. The third-order valence-corrected chi connectivity index (χ3v) is 14.8. The summed E-state index contributed by atoms with van der Waals surface area (Å²) in [6.07, 6.45) is 57.0. The van der Waals surface area contributed by atoms with E-state index in [9.17, 15) is 43.5 Å². The number of carbonyl (C=O) groups is 3. The summed E-state index contributed by atoms with van der Waals surface area (Å²) >= 11 is 0. The highest BCUT2D eigenvalue weighted by Crippen LogP contribution is 2.45. The van der Waals surface area contributed by atoms with E-state index in [1.165, 1.54) is 51.4 Å². The Hall–Kier alpha value is -3.01. The van der Waals surface area contributed by atoms with Crippen molar-refractivity contribution >= 4 is 33.6 Å². The third-order valence-electron chi connectivity index (χ3n) is 12.9. The highest BCUT2D eigenvalue weighted by atomic mass is 31.2. The van der Waals surface area contributed by atoms with Crippen LogP contribution in [0.15, 0.2) is 72.9 Å². The molecule has 0 amide bonds. The molecule has 0 aliphatic carbocycles. The molecule has 0 aliphatic heterocycles. The number of ether oxygens (including phenoxy) is 3. The van der Waals surface area contributed by atoms with Crippen molar-refractivity contribution < 1.29 is 75.8 Å². The van der Waals surface area contributed by atoms with Gasteiger partial charge in [0.15, 0.2) is 6.10 Å². The third kappa shape index (κ3) is 58.6. The number of allylic oxidation sites excluding steroid dienone is 12. The Morgan fingerprint density at radius 2 is 0.667 bits per heavy atom. The summed E-state index contributed by atoms with van der Waals surface area (Å²) in [4.78, 5) is 58.0. The maximum atomic E-state index is 12.8. The monoisotopic (exact) mass is 1190 g/mol. The van der Waals surface area contributed by atoms with Gasteiger partial charge in [-0.1, -0.05) is 222 Å². The van der Waals surface area contributed by atoms with Crippen molar-refractivity contribution in [2.45, 2.75) is 270 Å². The van der Waals surface area contributed by atoms with Crippen LogP contribution in [0.4, 0.5) is 0 Å². The molecule has 0 aliphatic rings. The van der Waals surface area contributed by atoms with Gasteiger partial charge in [0, 0.05) is 19.3 Å². The average molecular weight is 1190 g/mol. The molecule has 0 bridgehead atoms. The first-order valence-corrected chi connectivity index (χ1v) is 34.2. The van der Waals surface area contributed by atoms with Gasteiger partial charge in [0.2, 0.25) is 0 Å². The Bertz CT molecular complexity index is 1780. The molecule has 5 unspecified atom stereocenters. The minimum atomic E-state index is -4.91. The fourth-order valence-electron chi connectivity index (χ4n) is 8.11. The van der Waals surface area contributed by atoms with Crippen molar-refractivity contribution in [3.8, 4) is 0 Å². The molecule has 0 rings (SSSR count). The van der Waals surface area contributed by atoms with Gasteiger partial charge in [-0.15, -0.1) is 0 Å². The highest BCUT2D eigenvalue weighted by Gasteiger charge is 2.29. The standard InChI is InChI=1S/C63H112O16P2/c1-4-7-10-13-16-19-22-23-24-25-26-27-28-29-30-31-32-33-36-38-40-43-46-49-61(66)73-52-58(64)53-75-80(69,70)76-54-59(65)55-77-81(71,72)78-57-60(79-63(68)51-48-45-42-39-35-21-18-15-12-9-6-3)56-74-62(67)50-47-44-41-37-34-20-17-14-11-8-5-2/h7,10,14,16-17,19,23-24,26-27,29-30,58-60,64-65H,4-6,8-9,11-13,15,18,20-22,25,28,31-57H2,1-3H3,(H,69,70)(H,71,72)/b10-7-,17-14-,19-16-,24-23-,27-26-,30-29-. The van der Waals surface area contributed by atoms with Gasteiger partial charge in [-0.3, -0.25) is 32.5 Å². The number of esters is 3. The molecule has 0 spiro atoms. The van der Waals surface area contributed by atoms with Gasteiger partial charge < -0.3 is 34.2 Å². The maximum Gasteiger partial charge on any atom is 0.472 e. The summed E-state index contributed by atoms with van der Waals surface area (Å²) in [7, 11) is -9.75. The Morgan fingerprint density at radius 3 is 1.09 bits per heavy atom. The van der Waals surface area contributed by atoms with E-state index < -0.39 is 91.5 Å². The van der Waals surface area contributed by atoms with Crippen LogP contribution >= 0.6 is 15.6 Å². The molecule has 4 N–H and O–H groups in total. The summed E-state index contributed by atoms with van der Waals surface area (Å²) < 4.78 is 60.6. The maximum absolute atomic E-state index is 12.8. The van der Waals surface area contributed by atoms with Gasteiger partial charge >= 0.3 is 33.6 Å². The number of phosphoric ester groups is 2. The number of hydrogen-bond donors (Lipinski definition) is 4. The zero-order valence-electron chi connectivity index (χ0n) is 50.4. The van der Waals surface area contributed by atoms with Crippen molar-refractivity contribution in [3.05, 3.63) is 72.9 Å². The molecular weight excluding hydrogens is 1070 g/mol. The fraction of sp³-hybridized carbons (Fsp3) is 0.762. The van der Waals surface area contributed by atoms with Crippen LogP contribution in [-0.4, -0.2) is 95.9 Å². The largest absolute Gasteiger partial charge is 0.472 e. The first-order chi connectivity index (χ1) is 39.2. The van der Waals surface area contributed by atoms with E-state index in [1.54, 1.807) is 0 Å². The summed E-state index contributed by atoms with van der Waals surface area (Å²) in [5, 5.41) is 20.5. The van der Waals surface area contributed by atoms with Crippen LogP contribution in [0, 0.1) is 0 Å². The van der Waals surface area contributed by atoms with Crippen molar-refractivity contribution in [2.75, 3.05) is 39.6 Å². The molecule has 81 heavy (non-hydrogen) atoms. The SMILES string of the molecule is CC/C=C\C/C=C\C/C=C\C/C=C\C/C=C\CCCCCCCCCC(=O)OCC(O)COP(=O)(O)OCC(O)COP(=O)(O)OCC(COC(=O)CCCCCCC/C=C\CCCC)OC(=O)CCCCCCCCCCCCC. The normalized spacial score (nSPS) is 14.9. The van der Waals surface area contributed by atoms with Crippen LogP contribution in [0.1, 0.15) is 252 Å². The van der Waals surface area contributed by atoms with E-state index in [0.717, 1.165) is 141 Å². The van der Waals surface area contributed by atoms with Gasteiger partial charge in [-0.25, -0.2) is 9.13 Å². The lowest BCUT2D eigenvalue weighted by Gasteiger charge is -2.21. The van der Waals surface area contributed by atoms with Gasteiger partial charge in [0.25, 0.3) is 0 Å². The number of rotatable bonds is 59. The molecule has 16 nitrogen and oxygen atoms in total. The van der Waals surface area contributed by atoms with Gasteiger partial charge in [-0.05, 0) is 83.5 Å². The van der Waals surface area contributed by atoms with Gasteiger partial charge in [-0.2, -0.15) is 0 Å². The highest BCUT2D eigenvalue weighted by molar-refractivity contribution is 7.47. The van der Waals surface area contributed by atoms with Crippen molar-refractivity contribution in [1.29, 1.82) is 0 Å². The van der Waals surface area contributed by atoms with Crippen molar-refractivity contribution in [1.82, 2.24) is 0 Å². The van der Waals surface area contributed by atoms with Crippen molar-refractivity contribution in [3.63, 3.8) is 0 Å². The summed E-state index contributed by atoms with van der Waals surface area (Å²) in [5.74, 6) is -1.59. The Morgan fingerprint density at radius 1 is 0.358 bits per heavy atom. The first kappa shape index (κ1) is 78.0. The minimum Gasteiger partial charge on any atom is -0.463 e. The number of aliphatic hydroxyl groups is 2. The summed E-state index contributed by atoms with van der Waals surface area (Å²) in [6.45, 7) is 2.47. The predicted octanol–water partition coefficient (Wildman–Crippen LogP) is 16.4. The van der Waals surface area contributed by atoms with Crippen LogP contribution in [0.3, 0.4) is 0 Å². The second kappa shape index (κ2) is 57.4. The lowest BCUT2D eigenvalue weighted by molar-refractivity contribution is -0.161. The predicted molar refractivity (Wildman–Crippen MR) is 325 cm³/mol. The lowest BCUT2D eigenvalue weighted by atomic mass is 10.1. The van der Waals surface area contributed by atoms with E-state index in [-0.39, 0.29) is 19.3 Å². The van der Waals surface area contributed by atoms with Crippen LogP contribution in [0.25, 0.3) is 0 Å². The molecule has 5 atom stereocenters. The smallest absolute Gasteiger partial charge is 0.463 e. The van der Waals surface area contributed by atoms with E-state index >= 15 is 0 Å². The molecule has 0 saturated carbocycles. The van der Waals surface area contributed by atoms with E-state index in [1.807, 2.05) is 0 Å². The van der Waals surface area contributed by atoms with Crippen LogP contribution in [0.2, 0.25) is 0 Å². The van der Waals surface area contributed by atoms with Crippen LogP contribution < -0.4 is 0 Å². The van der Waals surface area contributed by atoms with Crippen LogP contribution in [0.5, 0.6) is 0 Å². The molecule has 0 heterocycles. The molecule has 470 valence electrons. The van der Waals surface area contributed by atoms with Crippen molar-refractivity contribution in [2.24, 2.45) is 0 Å². The second-order valence-corrected chi connectivity index (χ2v) is 23.7. The van der Waals surface area contributed by atoms with E-state index in [2.05, 4.69) is 93.7 Å². The first-order valence-electron chi connectivity index (χ1n) is 31.2. The Labute approximate surface area is 490 Å². The topological polar surface area (TPSA) is 231 Å². The molecule has 0 fully saturated rings. The molecule has 18 heteroatoms. The number of phosphoric acid groups is 2. The summed E-state index contributed by atoms with van der Waals surface area (Å²) in [6, 6.07) is 0. The molecule has 0 aromatic rings. The Kier molecular flexibility index (Phi) is 55.3. The molecule has 0 radical (unpaired) electrons. The molecule has 0 saturated heterocycles. The zero-order chi connectivity index (χ0) is 59.6. The van der Waals surface area contributed by atoms with Gasteiger partial charge in [0.1, 0.15) is 25.4 Å². The van der Waals surface area contributed by atoms with E-state index in [4.69, 9.17) is 32.3 Å². The lowest BCUT2D eigenvalue weighted by Crippen LogP contribution is -2.30. The number of aliphatic hydroxyl groups excluding tert-OH is 2. The molecule has 0 aromatic heterocycles. The molecular formula is C63H112O16P2. The number of hydrogen-bond acceptors (Lipinski definition) is 14. The number of carbonyl (C=O) groups excluding carboxylic acids is 3. The fourth-order valence-corrected chi connectivity index (χ4v) is 9.69. The average Bonchev–Trinajstić information content (AvgIpc) is 3.45.